The minimum Gasteiger partial charge on any atom is -0.508 e. The molecule has 2 aromatic rings. The van der Waals surface area contributed by atoms with Crippen molar-refractivity contribution in [3.05, 3.63) is 48.0 Å². The first-order chi connectivity index (χ1) is 15.5. The van der Waals surface area contributed by atoms with Gasteiger partial charge < -0.3 is 30.5 Å². The number of esters is 1. The van der Waals surface area contributed by atoms with Gasteiger partial charge in [-0.3, -0.25) is 9.59 Å². The Labute approximate surface area is 192 Å². The highest BCUT2D eigenvalue weighted by molar-refractivity contribution is 5.86. The molecule has 0 saturated carbocycles. The number of ether oxygens (including phenoxy) is 1. The molecule has 1 fully saturated rings. The molecule has 0 bridgehead atoms. The van der Waals surface area contributed by atoms with Gasteiger partial charge in [-0.05, 0) is 31.2 Å². The third-order valence-electron chi connectivity index (χ3n) is 6.60. The quantitative estimate of drug-likeness (QED) is 0.350. The number of hydrogen-bond acceptors (Lipinski definition) is 8. The third kappa shape index (κ3) is 5.06. The maximum Gasteiger partial charge on any atom is 0.311 e. The number of anilines is 1. The van der Waals surface area contributed by atoms with Gasteiger partial charge in [0, 0.05) is 35.4 Å². The summed E-state index contributed by atoms with van der Waals surface area (Å²) in [5, 5.41) is 44.2. The number of nitrogens with one attached hydrogen (secondary N) is 1. The average molecular weight is 458 g/mol. The summed E-state index contributed by atoms with van der Waals surface area (Å²) in [6.45, 7) is 6.60. The second-order valence-corrected chi connectivity index (χ2v) is 8.95. The number of carbonyl (C=O) groups is 2. The summed E-state index contributed by atoms with van der Waals surface area (Å²) in [6, 6.07) is 9.88. The van der Waals surface area contributed by atoms with Crippen molar-refractivity contribution in [2.45, 2.75) is 45.9 Å². The van der Waals surface area contributed by atoms with E-state index in [1.54, 1.807) is 39.0 Å². The highest BCUT2D eigenvalue weighted by Gasteiger charge is 2.43. The summed E-state index contributed by atoms with van der Waals surface area (Å²) in [7, 11) is 0. The number of ketones is 1. The zero-order valence-corrected chi connectivity index (χ0v) is 19.1. The van der Waals surface area contributed by atoms with E-state index in [9.17, 15) is 30.0 Å². The first-order valence-corrected chi connectivity index (χ1v) is 11.0. The number of Topliss-reactive ketones (excluding diaryl/α,β-unsaturated/α-hetero) is 1. The van der Waals surface area contributed by atoms with Crippen LogP contribution in [0.25, 0.3) is 0 Å². The summed E-state index contributed by atoms with van der Waals surface area (Å²) >= 11 is 0. The Bertz CT molecular complexity index is 1000. The minimum atomic E-state index is -1.25. The van der Waals surface area contributed by atoms with Crippen molar-refractivity contribution in [1.29, 1.82) is 0 Å². The van der Waals surface area contributed by atoms with Crippen LogP contribution in [0.15, 0.2) is 42.5 Å². The van der Waals surface area contributed by atoms with Crippen molar-refractivity contribution in [2.24, 2.45) is 23.7 Å². The second kappa shape index (κ2) is 9.70. The molecule has 8 nitrogen and oxygen atoms in total. The molecule has 3 rings (SSSR count). The molecular formula is C25H31NO7. The zero-order valence-electron chi connectivity index (χ0n) is 19.1. The van der Waals surface area contributed by atoms with Crippen LogP contribution in [0.4, 0.5) is 5.69 Å². The number of phenols is 3. The number of carbonyl (C=O) groups excluding carboxylic acids is 2. The first kappa shape index (κ1) is 24.4. The SMILES string of the molecule is CC1C(=O)OC(c2cc(O)cc(O)c2)C(C)C(Nc2ccccc2O)C(C)C(=O)C(C)C1O. The van der Waals surface area contributed by atoms with Crippen LogP contribution in [-0.4, -0.2) is 44.3 Å². The Kier molecular flexibility index (Phi) is 7.17. The van der Waals surface area contributed by atoms with Gasteiger partial charge in [0.1, 0.15) is 29.1 Å². The van der Waals surface area contributed by atoms with Gasteiger partial charge >= 0.3 is 5.97 Å². The monoisotopic (exact) mass is 457 g/mol. The molecule has 0 aliphatic carbocycles. The number of aliphatic hydroxyl groups is 1. The number of para-hydroxylation sites is 2. The standard InChI is InChI=1S/C25H31NO7/c1-12-21(26-19-7-5-6-8-20(19)29)13(2)24(16-9-17(27)11-18(28)10-16)33-25(32)15(4)23(31)14(3)22(12)30/h5-15,21,23-24,26-29,31H,1-4H3. The van der Waals surface area contributed by atoms with Crippen LogP contribution in [0.1, 0.15) is 39.4 Å². The molecule has 5 N–H and O–H groups in total. The number of cyclic esters (lactones) is 1. The fraction of sp³-hybridized carbons (Fsp3) is 0.440. The molecule has 1 heterocycles. The van der Waals surface area contributed by atoms with Crippen molar-refractivity contribution < 1.29 is 34.8 Å². The van der Waals surface area contributed by atoms with Gasteiger partial charge in [0.25, 0.3) is 0 Å². The Morgan fingerprint density at radius 3 is 2.06 bits per heavy atom. The summed E-state index contributed by atoms with van der Waals surface area (Å²) in [5.41, 5.74) is 0.740. The van der Waals surface area contributed by atoms with Crippen molar-refractivity contribution >= 4 is 17.4 Å². The van der Waals surface area contributed by atoms with Gasteiger partial charge in [-0.25, -0.2) is 0 Å². The smallest absolute Gasteiger partial charge is 0.311 e. The number of benzene rings is 2. The molecule has 2 aromatic carbocycles. The van der Waals surface area contributed by atoms with Gasteiger partial charge in [-0.1, -0.05) is 32.9 Å². The van der Waals surface area contributed by atoms with E-state index in [4.69, 9.17) is 4.74 Å². The molecule has 1 saturated heterocycles. The average Bonchev–Trinajstić information content (AvgIpc) is 2.77. The zero-order chi connectivity index (χ0) is 24.4. The highest BCUT2D eigenvalue weighted by atomic mass is 16.5. The van der Waals surface area contributed by atoms with E-state index in [0.717, 1.165) is 6.07 Å². The molecule has 7 unspecified atom stereocenters. The van der Waals surface area contributed by atoms with E-state index < -0.39 is 47.9 Å². The number of rotatable bonds is 3. The number of aliphatic hydroxyl groups excluding tert-OH is 1. The number of aromatic hydroxyl groups is 3. The molecule has 0 spiro atoms. The third-order valence-corrected chi connectivity index (χ3v) is 6.60. The normalized spacial score (nSPS) is 31.0. The molecule has 8 heteroatoms. The lowest BCUT2D eigenvalue weighted by Crippen LogP contribution is -2.48. The van der Waals surface area contributed by atoms with Gasteiger partial charge in [0.15, 0.2) is 0 Å². The van der Waals surface area contributed by atoms with E-state index in [2.05, 4.69) is 5.32 Å². The largest absolute Gasteiger partial charge is 0.508 e. The molecule has 178 valence electrons. The highest BCUT2D eigenvalue weighted by Crippen LogP contribution is 2.39. The molecule has 7 atom stereocenters. The van der Waals surface area contributed by atoms with Gasteiger partial charge in [0.2, 0.25) is 0 Å². The topological polar surface area (TPSA) is 136 Å². The predicted molar refractivity (Wildman–Crippen MR) is 122 cm³/mol. The molecule has 0 aromatic heterocycles. The van der Waals surface area contributed by atoms with Gasteiger partial charge in [-0.2, -0.15) is 0 Å². The second-order valence-electron chi connectivity index (χ2n) is 8.95. The van der Waals surface area contributed by atoms with Crippen LogP contribution in [0.3, 0.4) is 0 Å². The molecule has 0 amide bonds. The van der Waals surface area contributed by atoms with Crippen molar-refractivity contribution in [3.63, 3.8) is 0 Å². The van der Waals surface area contributed by atoms with E-state index >= 15 is 0 Å². The van der Waals surface area contributed by atoms with Crippen molar-refractivity contribution in [3.8, 4) is 17.2 Å². The maximum absolute atomic E-state index is 13.3. The van der Waals surface area contributed by atoms with Crippen LogP contribution < -0.4 is 5.32 Å². The molecule has 33 heavy (non-hydrogen) atoms. The van der Waals surface area contributed by atoms with Crippen LogP contribution in [-0.2, 0) is 14.3 Å². The van der Waals surface area contributed by atoms with Crippen molar-refractivity contribution in [1.82, 2.24) is 0 Å². The van der Waals surface area contributed by atoms with Crippen LogP contribution in [0.2, 0.25) is 0 Å². The molecular weight excluding hydrogens is 426 g/mol. The van der Waals surface area contributed by atoms with Crippen LogP contribution >= 0.6 is 0 Å². The number of phenolic OH excluding ortho intramolecular Hbond substituents is 3. The van der Waals surface area contributed by atoms with Crippen LogP contribution in [0.5, 0.6) is 17.2 Å². The molecule has 0 radical (unpaired) electrons. The maximum atomic E-state index is 13.3. The predicted octanol–water partition coefficient (Wildman–Crippen LogP) is 3.36. The van der Waals surface area contributed by atoms with Gasteiger partial charge in [-0.15, -0.1) is 0 Å². The number of hydrogen-bond donors (Lipinski definition) is 5. The summed E-state index contributed by atoms with van der Waals surface area (Å²) in [5.74, 6) is -4.30. The van der Waals surface area contributed by atoms with E-state index in [-0.39, 0.29) is 23.0 Å². The summed E-state index contributed by atoms with van der Waals surface area (Å²) in [6.07, 6.45) is -2.21. The van der Waals surface area contributed by atoms with E-state index in [1.165, 1.54) is 25.1 Å². The molecule has 1 aliphatic rings. The lowest BCUT2D eigenvalue weighted by Gasteiger charge is -2.39. The van der Waals surface area contributed by atoms with E-state index in [0.29, 0.717) is 11.3 Å². The Balaban J connectivity index is 2.12. The fourth-order valence-electron chi connectivity index (χ4n) is 4.50. The Hall–Kier alpha value is -3.26. The molecule has 1 aliphatic heterocycles. The Morgan fingerprint density at radius 2 is 1.45 bits per heavy atom. The minimum absolute atomic E-state index is 0.00769. The lowest BCUT2D eigenvalue weighted by molar-refractivity contribution is -0.164. The van der Waals surface area contributed by atoms with Crippen LogP contribution in [0, 0.1) is 23.7 Å². The Morgan fingerprint density at radius 1 is 0.848 bits per heavy atom. The fourth-order valence-corrected chi connectivity index (χ4v) is 4.50. The first-order valence-electron chi connectivity index (χ1n) is 11.0. The van der Waals surface area contributed by atoms with Crippen molar-refractivity contribution in [2.75, 3.05) is 5.32 Å². The van der Waals surface area contributed by atoms with E-state index in [1.807, 2.05) is 0 Å². The summed E-state index contributed by atoms with van der Waals surface area (Å²) < 4.78 is 5.81. The summed E-state index contributed by atoms with van der Waals surface area (Å²) in [4.78, 5) is 26.2. The lowest BCUT2D eigenvalue weighted by atomic mass is 9.76. The van der Waals surface area contributed by atoms with Gasteiger partial charge in [0.05, 0.1) is 17.7 Å².